The van der Waals surface area contributed by atoms with Crippen LogP contribution in [0.25, 0.3) is 10.9 Å². The SMILES string of the molecule is CCN1CCN([C@H](c2cc3cc(OC)c(OC)cc3[nH]c2=O)c2nnnn2C[C@@H]2CCCO2)CC1. The van der Waals surface area contributed by atoms with E-state index in [-0.39, 0.29) is 17.7 Å². The van der Waals surface area contributed by atoms with E-state index in [1.807, 2.05) is 16.8 Å². The molecule has 11 nitrogen and oxygen atoms in total. The van der Waals surface area contributed by atoms with Gasteiger partial charge < -0.3 is 24.1 Å². The third kappa shape index (κ3) is 4.75. The number of H-pyrrole nitrogens is 1. The van der Waals surface area contributed by atoms with Crippen molar-refractivity contribution in [2.75, 3.05) is 53.6 Å². The minimum absolute atomic E-state index is 0.0847. The van der Waals surface area contributed by atoms with Gasteiger partial charge in [0, 0.05) is 49.8 Å². The number of rotatable bonds is 8. The van der Waals surface area contributed by atoms with Crippen LogP contribution in [0, 0.1) is 0 Å². The molecule has 35 heavy (non-hydrogen) atoms. The zero-order chi connectivity index (χ0) is 24.4. The third-order valence-corrected chi connectivity index (χ3v) is 7.10. The Morgan fingerprint density at radius 3 is 2.60 bits per heavy atom. The molecule has 3 aromatic rings. The Morgan fingerprint density at radius 1 is 1.14 bits per heavy atom. The van der Waals surface area contributed by atoms with Gasteiger partial charge in [0.15, 0.2) is 17.3 Å². The van der Waals surface area contributed by atoms with Crippen LogP contribution in [0.5, 0.6) is 11.5 Å². The standard InChI is InChI=1S/C24H33N7O4/c1-4-29-7-9-30(10-8-29)22(23-26-27-28-31(23)15-17-6-5-11-35-17)18-12-16-13-20(33-2)21(34-3)14-19(16)25-24(18)32/h12-14,17,22H,4-11,15H2,1-3H3,(H,25,32)/t17-,22+/m0/s1. The largest absolute Gasteiger partial charge is 0.493 e. The van der Waals surface area contributed by atoms with Gasteiger partial charge >= 0.3 is 0 Å². The lowest BCUT2D eigenvalue weighted by Crippen LogP contribution is -2.49. The predicted octanol–water partition coefficient (Wildman–Crippen LogP) is 1.44. The molecule has 4 heterocycles. The average Bonchev–Trinajstić information content (AvgIpc) is 3.57. The summed E-state index contributed by atoms with van der Waals surface area (Å²) >= 11 is 0. The first-order valence-electron chi connectivity index (χ1n) is 12.2. The first-order valence-corrected chi connectivity index (χ1v) is 12.2. The molecule has 2 aliphatic heterocycles. The molecule has 2 fully saturated rings. The molecule has 1 N–H and O–H groups in total. The topological polar surface area (TPSA) is 111 Å². The summed E-state index contributed by atoms with van der Waals surface area (Å²) in [6, 6.07) is 5.22. The van der Waals surface area contributed by atoms with Crippen LogP contribution in [0.2, 0.25) is 0 Å². The molecular weight excluding hydrogens is 450 g/mol. The van der Waals surface area contributed by atoms with Crippen LogP contribution in [0.1, 0.15) is 37.2 Å². The number of benzene rings is 1. The summed E-state index contributed by atoms with van der Waals surface area (Å²) in [7, 11) is 3.18. The quantitative estimate of drug-likeness (QED) is 0.509. The summed E-state index contributed by atoms with van der Waals surface area (Å²) in [5, 5.41) is 13.6. The molecule has 0 aliphatic carbocycles. The number of fused-ring (bicyclic) bond motifs is 1. The number of aromatic nitrogens is 5. The fourth-order valence-electron chi connectivity index (χ4n) is 5.11. The van der Waals surface area contributed by atoms with E-state index in [1.165, 1.54) is 0 Å². The van der Waals surface area contributed by atoms with Crippen molar-refractivity contribution in [1.82, 2.24) is 35.0 Å². The summed E-state index contributed by atoms with van der Waals surface area (Å²) in [6.07, 6.45) is 2.11. The van der Waals surface area contributed by atoms with Crippen LogP contribution in [0.15, 0.2) is 23.0 Å². The van der Waals surface area contributed by atoms with Crippen LogP contribution in [0.3, 0.4) is 0 Å². The Kier molecular flexibility index (Phi) is 6.98. The summed E-state index contributed by atoms with van der Waals surface area (Å²) in [5.41, 5.74) is 1.13. The molecule has 188 valence electrons. The first kappa shape index (κ1) is 23.7. The van der Waals surface area contributed by atoms with E-state index < -0.39 is 0 Å². The van der Waals surface area contributed by atoms with E-state index >= 15 is 0 Å². The molecule has 0 amide bonds. The molecule has 1 aromatic carbocycles. The minimum atomic E-state index is -0.383. The van der Waals surface area contributed by atoms with E-state index in [0.717, 1.165) is 57.6 Å². The molecule has 2 aromatic heterocycles. The Hall–Kier alpha value is -3.02. The van der Waals surface area contributed by atoms with Gasteiger partial charge in [0.05, 0.1) is 32.4 Å². The van der Waals surface area contributed by atoms with Gasteiger partial charge in [-0.25, -0.2) is 4.68 Å². The lowest BCUT2D eigenvalue weighted by molar-refractivity contribution is 0.0860. The minimum Gasteiger partial charge on any atom is -0.493 e. The van der Waals surface area contributed by atoms with Gasteiger partial charge in [0.2, 0.25) is 0 Å². The van der Waals surface area contributed by atoms with E-state index in [1.54, 1.807) is 20.3 Å². The second-order valence-corrected chi connectivity index (χ2v) is 9.08. The number of hydrogen-bond acceptors (Lipinski definition) is 9. The molecule has 0 unspecified atom stereocenters. The fraction of sp³-hybridized carbons (Fsp3) is 0.583. The molecule has 0 radical (unpaired) electrons. The van der Waals surface area contributed by atoms with E-state index in [2.05, 4.69) is 37.2 Å². The van der Waals surface area contributed by atoms with Crippen LogP contribution in [0.4, 0.5) is 0 Å². The van der Waals surface area contributed by atoms with Gasteiger partial charge in [-0.05, 0) is 41.9 Å². The highest BCUT2D eigenvalue weighted by Gasteiger charge is 2.33. The average molecular weight is 484 g/mol. The zero-order valence-corrected chi connectivity index (χ0v) is 20.6. The number of aromatic amines is 1. The number of nitrogens with one attached hydrogen (secondary N) is 1. The van der Waals surface area contributed by atoms with Gasteiger partial charge in [-0.3, -0.25) is 9.69 Å². The lowest BCUT2D eigenvalue weighted by Gasteiger charge is -2.38. The molecule has 2 aliphatic rings. The van der Waals surface area contributed by atoms with Crippen molar-refractivity contribution in [2.24, 2.45) is 0 Å². The van der Waals surface area contributed by atoms with E-state index in [9.17, 15) is 4.79 Å². The van der Waals surface area contributed by atoms with Crippen LogP contribution in [-0.2, 0) is 11.3 Å². The molecule has 0 bridgehead atoms. The molecule has 2 atom stereocenters. The van der Waals surface area contributed by atoms with E-state index in [0.29, 0.717) is 34.9 Å². The second-order valence-electron chi connectivity index (χ2n) is 9.08. The second kappa shape index (κ2) is 10.3. The van der Waals surface area contributed by atoms with Crippen molar-refractivity contribution >= 4 is 10.9 Å². The number of hydrogen-bond donors (Lipinski definition) is 1. The maximum absolute atomic E-state index is 13.5. The summed E-state index contributed by atoms with van der Waals surface area (Å²) in [4.78, 5) is 21.2. The highest BCUT2D eigenvalue weighted by atomic mass is 16.5. The number of ether oxygens (including phenoxy) is 3. The van der Waals surface area contributed by atoms with Gasteiger partial charge in [-0.1, -0.05) is 6.92 Å². The van der Waals surface area contributed by atoms with Crippen LogP contribution < -0.4 is 15.0 Å². The van der Waals surface area contributed by atoms with Crippen molar-refractivity contribution < 1.29 is 14.2 Å². The van der Waals surface area contributed by atoms with Gasteiger partial charge in [0.1, 0.15) is 6.04 Å². The highest BCUT2D eigenvalue weighted by molar-refractivity contribution is 5.83. The maximum Gasteiger partial charge on any atom is 0.253 e. The van der Waals surface area contributed by atoms with Crippen molar-refractivity contribution in [3.05, 3.63) is 39.9 Å². The summed E-state index contributed by atoms with van der Waals surface area (Å²) in [6.45, 7) is 8.00. The lowest BCUT2D eigenvalue weighted by atomic mass is 10.0. The Balaban J connectivity index is 1.59. The maximum atomic E-state index is 13.5. The Bertz CT molecular complexity index is 1210. The monoisotopic (exact) mass is 483 g/mol. The number of nitrogens with zero attached hydrogens (tertiary/aromatic N) is 6. The summed E-state index contributed by atoms with van der Waals surface area (Å²) in [5.74, 6) is 1.83. The molecule has 2 saturated heterocycles. The van der Waals surface area contributed by atoms with Crippen LogP contribution >= 0.6 is 0 Å². The summed E-state index contributed by atoms with van der Waals surface area (Å²) < 4.78 is 18.6. The van der Waals surface area contributed by atoms with Crippen molar-refractivity contribution in [2.45, 2.75) is 38.5 Å². The molecule has 5 rings (SSSR count). The Morgan fingerprint density at radius 2 is 1.91 bits per heavy atom. The number of pyridine rings is 1. The Labute approximate surface area is 203 Å². The number of likely N-dealkylation sites (N-methyl/N-ethyl adjacent to an activating group) is 1. The smallest absolute Gasteiger partial charge is 0.253 e. The normalized spacial score (nSPS) is 20.4. The number of tetrazole rings is 1. The fourth-order valence-corrected chi connectivity index (χ4v) is 5.11. The number of piperazine rings is 1. The molecule has 0 spiro atoms. The van der Waals surface area contributed by atoms with Gasteiger partial charge in [-0.15, -0.1) is 5.10 Å². The molecule has 11 heteroatoms. The zero-order valence-electron chi connectivity index (χ0n) is 20.6. The molecule has 0 saturated carbocycles. The molecular formula is C24H33N7O4. The predicted molar refractivity (Wildman–Crippen MR) is 130 cm³/mol. The van der Waals surface area contributed by atoms with E-state index in [4.69, 9.17) is 14.2 Å². The highest BCUT2D eigenvalue weighted by Crippen LogP contribution is 2.33. The number of methoxy groups -OCH3 is 2. The third-order valence-electron chi connectivity index (χ3n) is 7.10. The van der Waals surface area contributed by atoms with Gasteiger partial charge in [0.25, 0.3) is 5.56 Å². The van der Waals surface area contributed by atoms with Crippen molar-refractivity contribution in [3.8, 4) is 11.5 Å². The van der Waals surface area contributed by atoms with Crippen molar-refractivity contribution in [3.63, 3.8) is 0 Å². The van der Waals surface area contributed by atoms with Gasteiger partial charge in [-0.2, -0.15) is 0 Å². The first-order chi connectivity index (χ1) is 17.1. The van der Waals surface area contributed by atoms with Crippen molar-refractivity contribution in [1.29, 1.82) is 0 Å². The van der Waals surface area contributed by atoms with Crippen LogP contribution in [-0.4, -0.2) is 94.6 Å².